The van der Waals surface area contributed by atoms with Gasteiger partial charge >= 0.3 is 0 Å². The number of nitrogens with one attached hydrogen (secondary N) is 1. The van der Waals surface area contributed by atoms with Crippen molar-refractivity contribution in [2.75, 3.05) is 72.4 Å². The lowest BCUT2D eigenvalue weighted by molar-refractivity contribution is -0.129. The lowest BCUT2D eigenvalue weighted by Gasteiger charge is -2.36. The maximum Gasteiger partial charge on any atom is 0.242 e. The van der Waals surface area contributed by atoms with Gasteiger partial charge in [-0.15, -0.1) is 0 Å². The number of hydrogen-bond acceptors (Lipinski definition) is 9. The van der Waals surface area contributed by atoms with Crippen molar-refractivity contribution in [1.82, 2.24) is 29.2 Å². The summed E-state index contributed by atoms with van der Waals surface area (Å²) < 4.78 is 1.91. The number of carbonyl (C=O) groups excluding carboxylic acids is 1. The van der Waals surface area contributed by atoms with Crippen LogP contribution in [0.3, 0.4) is 0 Å². The highest BCUT2D eigenvalue weighted by atomic mass is 35.5. The molecular formula is C26H27Cl2N9OS. The molecule has 10 nitrogen and oxygen atoms in total. The third kappa shape index (κ3) is 5.43. The zero-order valence-corrected chi connectivity index (χ0v) is 23.5. The van der Waals surface area contributed by atoms with Crippen molar-refractivity contribution in [3.05, 3.63) is 59.4 Å². The smallest absolute Gasteiger partial charge is 0.242 e. The van der Waals surface area contributed by atoms with E-state index in [1.807, 2.05) is 45.6 Å². The first-order chi connectivity index (χ1) is 19.1. The number of rotatable bonds is 6. The molecule has 4 aromatic heterocycles. The van der Waals surface area contributed by atoms with Gasteiger partial charge in [0.25, 0.3) is 0 Å². The van der Waals surface area contributed by atoms with Crippen molar-refractivity contribution in [2.24, 2.45) is 0 Å². The SMILES string of the molecule is O=C(CNc1c(-c2ccc(N3CCSCC3)nc2)nc2cnccn12)N1CCN(c2c(Cl)cncc2Cl)CC1. The summed E-state index contributed by atoms with van der Waals surface area (Å²) in [4.78, 5) is 37.2. The lowest BCUT2D eigenvalue weighted by Crippen LogP contribution is -2.50. The average Bonchev–Trinajstić information content (AvgIpc) is 3.35. The maximum atomic E-state index is 13.2. The highest BCUT2D eigenvalue weighted by molar-refractivity contribution is 7.99. The summed E-state index contributed by atoms with van der Waals surface area (Å²) in [6, 6.07) is 4.09. The Labute approximate surface area is 240 Å². The van der Waals surface area contributed by atoms with E-state index in [2.05, 4.69) is 25.1 Å². The summed E-state index contributed by atoms with van der Waals surface area (Å²) >= 11 is 14.6. The van der Waals surface area contributed by atoms with Crippen LogP contribution in [0, 0.1) is 0 Å². The fraction of sp³-hybridized carbons (Fsp3) is 0.346. The number of pyridine rings is 2. The molecule has 0 atom stereocenters. The Hall–Kier alpha value is -3.28. The number of hydrogen-bond donors (Lipinski definition) is 1. The Morgan fingerprint density at radius 2 is 1.69 bits per heavy atom. The summed E-state index contributed by atoms with van der Waals surface area (Å²) in [5.41, 5.74) is 3.07. The fourth-order valence-corrected chi connectivity index (χ4v) is 6.45. The molecule has 6 rings (SSSR count). The number of thioether (sulfide) groups is 1. The molecule has 13 heteroatoms. The zero-order chi connectivity index (χ0) is 26.8. The van der Waals surface area contributed by atoms with Crippen LogP contribution < -0.4 is 15.1 Å². The summed E-state index contributed by atoms with van der Waals surface area (Å²) in [6.07, 6.45) is 10.3. The molecule has 1 N–H and O–H groups in total. The van der Waals surface area contributed by atoms with Crippen LogP contribution in [0.2, 0.25) is 10.0 Å². The van der Waals surface area contributed by atoms with E-state index >= 15 is 0 Å². The molecule has 2 fully saturated rings. The highest BCUT2D eigenvalue weighted by Crippen LogP contribution is 2.33. The number of nitrogens with zero attached hydrogens (tertiary/aromatic N) is 8. The van der Waals surface area contributed by atoms with Gasteiger partial charge in [0.15, 0.2) is 5.65 Å². The second-order valence-corrected chi connectivity index (χ2v) is 11.3. The largest absolute Gasteiger partial charge is 0.365 e. The molecule has 4 aromatic rings. The summed E-state index contributed by atoms with van der Waals surface area (Å²) in [7, 11) is 0. The number of carbonyl (C=O) groups is 1. The lowest BCUT2D eigenvalue weighted by atomic mass is 10.2. The van der Waals surface area contributed by atoms with E-state index < -0.39 is 0 Å². The van der Waals surface area contributed by atoms with Crippen LogP contribution in [0.15, 0.2) is 49.3 Å². The Morgan fingerprint density at radius 3 is 2.41 bits per heavy atom. The zero-order valence-electron chi connectivity index (χ0n) is 21.1. The van der Waals surface area contributed by atoms with Crippen LogP contribution >= 0.6 is 35.0 Å². The van der Waals surface area contributed by atoms with E-state index in [9.17, 15) is 4.79 Å². The molecule has 0 spiro atoms. The van der Waals surface area contributed by atoms with Crippen LogP contribution in [-0.2, 0) is 4.79 Å². The minimum absolute atomic E-state index is 0.00738. The summed E-state index contributed by atoms with van der Waals surface area (Å²) in [5, 5.41) is 4.37. The van der Waals surface area contributed by atoms with E-state index in [1.54, 1.807) is 24.8 Å². The Balaban J connectivity index is 1.15. The topological polar surface area (TPSA) is 94.8 Å². The van der Waals surface area contributed by atoms with Gasteiger partial charge in [0.2, 0.25) is 5.91 Å². The second-order valence-electron chi connectivity index (χ2n) is 9.29. The minimum atomic E-state index is 0.00738. The number of imidazole rings is 1. The molecule has 0 bridgehead atoms. The Morgan fingerprint density at radius 1 is 0.923 bits per heavy atom. The first-order valence-corrected chi connectivity index (χ1v) is 14.7. The number of halogens is 2. The monoisotopic (exact) mass is 583 g/mol. The van der Waals surface area contributed by atoms with Crippen LogP contribution in [0.1, 0.15) is 0 Å². The predicted molar refractivity (Wildman–Crippen MR) is 157 cm³/mol. The molecule has 2 aliphatic rings. The highest BCUT2D eigenvalue weighted by Gasteiger charge is 2.25. The van der Waals surface area contributed by atoms with Crippen LogP contribution in [-0.4, -0.2) is 92.5 Å². The summed E-state index contributed by atoms with van der Waals surface area (Å²) in [6.45, 7) is 4.55. The molecule has 0 aliphatic carbocycles. The molecule has 0 radical (unpaired) electrons. The van der Waals surface area contributed by atoms with Crippen molar-refractivity contribution in [3.8, 4) is 11.3 Å². The predicted octanol–water partition coefficient (Wildman–Crippen LogP) is 3.81. The molecule has 0 aromatic carbocycles. The third-order valence-electron chi connectivity index (χ3n) is 6.97. The Bertz CT molecular complexity index is 1450. The minimum Gasteiger partial charge on any atom is -0.365 e. The van der Waals surface area contributed by atoms with Gasteiger partial charge in [-0.25, -0.2) is 9.97 Å². The number of fused-ring (bicyclic) bond motifs is 1. The molecule has 202 valence electrons. The number of anilines is 3. The molecule has 2 aliphatic heterocycles. The van der Waals surface area contributed by atoms with Crippen molar-refractivity contribution >= 4 is 63.8 Å². The van der Waals surface area contributed by atoms with Crippen LogP contribution in [0.4, 0.5) is 17.3 Å². The van der Waals surface area contributed by atoms with Gasteiger partial charge in [-0.3, -0.25) is 19.2 Å². The average molecular weight is 585 g/mol. The quantitative estimate of drug-likeness (QED) is 0.363. The number of amides is 1. The van der Waals surface area contributed by atoms with Crippen molar-refractivity contribution < 1.29 is 4.79 Å². The van der Waals surface area contributed by atoms with Crippen LogP contribution in [0.25, 0.3) is 16.9 Å². The molecule has 1 amide bonds. The van der Waals surface area contributed by atoms with Gasteiger partial charge < -0.3 is 20.0 Å². The van der Waals surface area contributed by atoms with E-state index in [4.69, 9.17) is 33.2 Å². The van der Waals surface area contributed by atoms with Gasteiger partial charge in [-0.1, -0.05) is 23.2 Å². The number of piperazine rings is 1. The molecule has 6 heterocycles. The van der Waals surface area contributed by atoms with Crippen molar-refractivity contribution in [1.29, 1.82) is 0 Å². The van der Waals surface area contributed by atoms with Gasteiger partial charge in [0.05, 0.1) is 28.5 Å². The molecule has 0 unspecified atom stereocenters. The number of aromatic nitrogens is 5. The fourth-order valence-electron chi connectivity index (χ4n) is 4.94. The van der Waals surface area contributed by atoms with E-state index in [-0.39, 0.29) is 12.5 Å². The maximum absolute atomic E-state index is 13.2. The van der Waals surface area contributed by atoms with Crippen molar-refractivity contribution in [3.63, 3.8) is 0 Å². The van der Waals surface area contributed by atoms with E-state index in [0.29, 0.717) is 41.9 Å². The summed E-state index contributed by atoms with van der Waals surface area (Å²) in [5.74, 6) is 3.95. The molecule has 39 heavy (non-hydrogen) atoms. The first kappa shape index (κ1) is 26.0. The van der Waals surface area contributed by atoms with E-state index in [0.717, 1.165) is 53.2 Å². The standard InChI is InChI=1S/C26H27Cl2N9OS/c27-19-14-30-15-20(28)25(19)36-7-5-35(6-8-36)23(38)17-32-26-24(33-22-16-29-3-4-37(22)26)18-1-2-21(31-13-18)34-9-11-39-12-10-34/h1-4,13-16,32H,5-12,17H2. The Kier molecular flexibility index (Phi) is 7.62. The van der Waals surface area contributed by atoms with Gasteiger partial charge in [-0.05, 0) is 12.1 Å². The normalized spacial score (nSPS) is 16.1. The second kappa shape index (κ2) is 11.4. The van der Waals surface area contributed by atoms with Crippen LogP contribution in [0.5, 0.6) is 0 Å². The molecule has 0 saturated carbocycles. The van der Waals surface area contributed by atoms with Gasteiger partial charge in [0, 0.05) is 87.3 Å². The van der Waals surface area contributed by atoms with E-state index in [1.165, 1.54) is 0 Å². The molecular weight excluding hydrogens is 557 g/mol. The van der Waals surface area contributed by atoms with Gasteiger partial charge in [-0.2, -0.15) is 11.8 Å². The van der Waals surface area contributed by atoms with Gasteiger partial charge in [0.1, 0.15) is 17.3 Å². The first-order valence-electron chi connectivity index (χ1n) is 12.8. The molecule has 2 saturated heterocycles. The third-order valence-corrected chi connectivity index (χ3v) is 8.47. The van der Waals surface area contributed by atoms with Crippen molar-refractivity contribution in [2.45, 2.75) is 0 Å².